The Balaban J connectivity index is 1.63. The second-order valence-corrected chi connectivity index (χ2v) is 10.3. The van der Waals surface area contributed by atoms with E-state index < -0.39 is 10.0 Å². The van der Waals surface area contributed by atoms with Gasteiger partial charge in [0.05, 0.1) is 22.1 Å². The van der Waals surface area contributed by atoms with Crippen molar-refractivity contribution in [3.63, 3.8) is 0 Å². The van der Waals surface area contributed by atoms with Gasteiger partial charge in [0, 0.05) is 28.9 Å². The van der Waals surface area contributed by atoms with Crippen molar-refractivity contribution in [2.75, 3.05) is 15.8 Å². The predicted molar refractivity (Wildman–Crippen MR) is 133 cm³/mol. The normalized spacial score (nSPS) is 11.6. The molecule has 0 aliphatic rings. The monoisotopic (exact) mass is 533 g/mol. The van der Waals surface area contributed by atoms with E-state index >= 15 is 0 Å². The molecule has 2 N–H and O–H groups in total. The summed E-state index contributed by atoms with van der Waals surface area (Å²) < 4.78 is 29.3. The zero-order chi connectivity index (χ0) is 22.7. The Hall–Kier alpha value is -2.62. The number of rotatable bonds is 8. The molecule has 7 nitrogen and oxygen atoms in total. The molecule has 4 rings (SSSR count). The van der Waals surface area contributed by atoms with Gasteiger partial charge in [-0.15, -0.1) is 0 Å². The largest absolute Gasteiger partial charge is 0.366 e. The van der Waals surface area contributed by atoms with Crippen LogP contribution in [0.3, 0.4) is 0 Å². The number of benzene rings is 2. The number of nitrogens with zero attached hydrogens (tertiary/aromatic N) is 3. The fourth-order valence-corrected chi connectivity index (χ4v) is 5.01. The number of halogens is 2. The Labute approximate surface area is 200 Å². The lowest BCUT2D eigenvalue weighted by Gasteiger charge is -2.13. The van der Waals surface area contributed by atoms with Gasteiger partial charge in [-0.05, 0) is 46.1 Å². The van der Waals surface area contributed by atoms with Crippen molar-refractivity contribution in [1.29, 1.82) is 0 Å². The van der Waals surface area contributed by atoms with Crippen LogP contribution in [0.5, 0.6) is 0 Å². The maximum Gasteiger partial charge on any atom is 0.232 e. The molecule has 0 saturated carbocycles. The number of hydrogen-bond donors (Lipinski definition) is 2. The van der Waals surface area contributed by atoms with Crippen LogP contribution in [0.4, 0.5) is 11.5 Å². The van der Waals surface area contributed by atoms with E-state index in [1.54, 1.807) is 16.8 Å². The van der Waals surface area contributed by atoms with Gasteiger partial charge in [-0.1, -0.05) is 48.9 Å². The first-order valence-corrected chi connectivity index (χ1v) is 12.8. The maximum atomic E-state index is 12.1. The van der Waals surface area contributed by atoms with Crippen molar-refractivity contribution >= 4 is 54.7 Å². The minimum atomic E-state index is -3.35. The van der Waals surface area contributed by atoms with Crippen LogP contribution in [0.2, 0.25) is 5.02 Å². The van der Waals surface area contributed by atoms with Gasteiger partial charge in [0.1, 0.15) is 5.82 Å². The van der Waals surface area contributed by atoms with Crippen LogP contribution < -0.4 is 10.0 Å². The van der Waals surface area contributed by atoms with Gasteiger partial charge >= 0.3 is 0 Å². The van der Waals surface area contributed by atoms with Crippen LogP contribution in [-0.4, -0.2) is 28.8 Å². The van der Waals surface area contributed by atoms with Crippen LogP contribution in [0.25, 0.3) is 16.9 Å². The van der Waals surface area contributed by atoms with Crippen molar-refractivity contribution in [2.45, 2.75) is 19.9 Å². The van der Waals surface area contributed by atoms with Gasteiger partial charge in [-0.2, -0.15) is 9.61 Å². The van der Waals surface area contributed by atoms with E-state index in [1.165, 1.54) is 0 Å². The maximum absolute atomic E-state index is 12.1. The molecule has 0 unspecified atom stereocenters. The third kappa shape index (κ3) is 5.06. The SMILES string of the molecule is CCCS(=O)(=O)Nc1cccc(CNc2cc(-c3ccccc3Cl)nc3c(Br)cnn23)c1. The lowest BCUT2D eigenvalue weighted by atomic mass is 10.1. The molecule has 0 atom stereocenters. The minimum Gasteiger partial charge on any atom is -0.366 e. The Morgan fingerprint density at radius 2 is 1.94 bits per heavy atom. The zero-order valence-electron chi connectivity index (χ0n) is 17.2. The van der Waals surface area contributed by atoms with Gasteiger partial charge in [-0.3, -0.25) is 4.72 Å². The Morgan fingerprint density at radius 1 is 1.12 bits per heavy atom. The number of sulfonamides is 1. The Kier molecular flexibility index (Phi) is 6.68. The molecule has 0 aliphatic carbocycles. The zero-order valence-corrected chi connectivity index (χ0v) is 20.4. The summed E-state index contributed by atoms with van der Waals surface area (Å²) in [7, 11) is -3.35. The fourth-order valence-electron chi connectivity index (χ4n) is 3.31. The van der Waals surface area contributed by atoms with E-state index in [2.05, 4.69) is 31.1 Å². The van der Waals surface area contributed by atoms with Crippen LogP contribution in [-0.2, 0) is 16.6 Å². The van der Waals surface area contributed by atoms with E-state index in [1.807, 2.05) is 55.5 Å². The smallest absolute Gasteiger partial charge is 0.232 e. The van der Waals surface area contributed by atoms with Crippen molar-refractivity contribution in [3.05, 3.63) is 75.9 Å². The third-order valence-corrected chi connectivity index (χ3v) is 7.11. The number of anilines is 2. The molecule has 0 radical (unpaired) electrons. The van der Waals surface area contributed by atoms with Crippen molar-refractivity contribution in [1.82, 2.24) is 14.6 Å². The molecule has 166 valence electrons. The average Bonchev–Trinajstić information content (AvgIpc) is 3.13. The van der Waals surface area contributed by atoms with Gasteiger partial charge in [-0.25, -0.2) is 13.4 Å². The van der Waals surface area contributed by atoms with Gasteiger partial charge in [0.15, 0.2) is 5.65 Å². The summed E-state index contributed by atoms with van der Waals surface area (Å²) in [5.41, 5.74) is 3.65. The van der Waals surface area contributed by atoms with E-state index in [0.29, 0.717) is 35.0 Å². The minimum absolute atomic E-state index is 0.0868. The number of aromatic nitrogens is 3. The first kappa shape index (κ1) is 22.6. The van der Waals surface area contributed by atoms with Crippen LogP contribution in [0.15, 0.2) is 65.3 Å². The van der Waals surface area contributed by atoms with Crippen LogP contribution >= 0.6 is 27.5 Å². The molecule has 2 heterocycles. The molecule has 4 aromatic rings. The Morgan fingerprint density at radius 3 is 2.72 bits per heavy atom. The number of hydrogen-bond acceptors (Lipinski definition) is 5. The second kappa shape index (κ2) is 9.48. The summed E-state index contributed by atoms with van der Waals surface area (Å²) >= 11 is 9.89. The first-order valence-electron chi connectivity index (χ1n) is 9.99. The van der Waals surface area contributed by atoms with Crippen molar-refractivity contribution in [3.8, 4) is 11.3 Å². The molecule has 0 amide bonds. The molecular formula is C22H21BrClN5O2S. The summed E-state index contributed by atoms with van der Waals surface area (Å²) in [5.74, 6) is 0.816. The predicted octanol–water partition coefficient (Wildman–Crippen LogP) is 5.58. The van der Waals surface area contributed by atoms with E-state index in [9.17, 15) is 8.42 Å². The highest BCUT2D eigenvalue weighted by atomic mass is 79.9. The second-order valence-electron chi connectivity index (χ2n) is 7.21. The van der Waals surface area contributed by atoms with Crippen LogP contribution in [0, 0.1) is 0 Å². The molecule has 0 bridgehead atoms. The van der Waals surface area contributed by atoms with E-state index in [0.717, 1.165) is 21.4 Å². The quantitative estimate of drug-likeness (QED) is 0.308. The molecule has 0 aliphatic heterocycles. The van der Waals surface area contributed by atoms with Crippen molar-refractivity contribution < 1.29 is 8.42 Å². The molecule has 32 heavy (non-hydrogen) atoms. The summed E-state index contributed by atoms with van der Waals surface area (Å²) in [4.78, 5) is 4.71. The molecule has 0 saturated heterocycles. The molecule has 2 aromatic carbocycles. The lowest BCUT2D eigenvalue weighted by molar-refractivity contribution is 0.600. The highest BCUT2D eigenvalue weighted by molar-refractivity contribution is 9.10. The summed E-state index contributed by atoms with van der Waals surface area (Å²) in [6, 6.07) is 16.7. The highest BCUT2D eigenvalue weighted by Crippen LogP contribution is 2.30. The summed E-state index contributed by atoms with van der Waals surface area (Å²) in [6.45, 7) is 2.29. The Bertz CT molecular complexity index is 1370. The molecule has 0 spiro atoms. The summed E-state index contributed by atoms with van der Waals surface area (Å²) in [5, 5.41) is 8.39. The first-order chi connectivity index (χ1) is 15.4. The van der Waals surface area contributed by atoms with Gasteiger partial charge < -0.3 is 5.32 Å². The molecular weight excluding hydrogens is 514 g/mol. The van der Waals surface area contributed by atoms with E-state index in [-0.39, 0.29) is 5.75 Å². The van der Waals surface area contributed by atoms with Crippen molar-refractivity contribution in [2.24, 2.45) is 0 Å². The molecule has 10 heteroatoms. The third-order valence-electron chi connectivity index (χ3n) is 4.73. The molecule has 0 fully saturated rings. The van der Waals surface area contributed by atoms with Gasteiger partial charge in [0.2, 0.25) is 10.0 Å². The van der Waals surface area contributed by atoms with Crippen LogP contribution in [0.1, 0.15) is 18.9 Å². The standard InChI is InChI=1S/C22H21BrClN5O2S/c1-2-10-32(30,31)28-16-7-5-6-15(11-16)13-25-21-12-20(17-8-3-4-9-19(17)24)27-22-18(23)14-26-29(21)22/h3-9,11-12,14,25,28H,2,10,13H2,1H3. The summed E-state index contributed by atoms with van der Waals surface area (Å²) in [6.07, 6.45) is 2.24. The topological polar surface area (TPSA) is 88.4 Å². The molecule has 2 aromatic heterocycles. The highest BCUT2D eigenvalue weighted by Gasteiger charge is 2.14. The number of fused-ring (bicyclic) bond motifs is 1. The lowest BCUT2D eigenvalue weighted by Crippen LogP contribution is -2.16. The van der Waals surface area contributed by atoms with E-state index in [4.69, 9.17) is 16.6 Å². The fraction of sp³-hybridized carbons (Fsp3) is 0.182. The van der Waals surface area contributed by atoms with Gasteiger partial charge in [0.25, 0.3) is 0 Å². The average molecular weight is 535 g/mol. The number of nitrogens with one attached hydrogen (secondary N) is 2.